The smallest absolute Gasteiger partial charge is 0.0248 e. The maximum Gasteiger partial charge on any atom is 0.0248 e. The van der Waals surface area contributed by atoms with Gasteiger partial charge in [-0.15, -0.1) is 0 Å². The third-order valence-electron chi connectivity index (χ3n) is 4.93. The van der Waals surface area contributed by atoms with Gasteiger partial charge in [0.05, 0.1) is 0 Å². The molecule has 0 saturated heterocycles. The van der Waals surface area contributed by atoms with Crippen molar-refractivity contribution < 1.29 is 0 Å². The summed E-state index contributed by atoms with van der Waals surface area (Å²) in [5.41, 5.74) is 4.00. The Hall–Kier alpha value is -0.720. The number of aromatic nitrogens is 1. The lowest BCUT2D eigenvalue weighted by atomic mass is 9.70. The summed E-state index contributed by atoms with van der Waals surface area (Å²) >= 11 is 0. The first-order valence-electron chi connectivity index (χ1n) is 5.25. The number of aromatic amines is 1. The molecule has 13 heavy (non-hydrogen) atoms. The average molecular weight is 175 g/mol. The second kappa shape index (κ2) is 1.87. The van der Waals surface area contributed by atoms with Gasteiger partial charge in [-0.2, -0.15) is 0 Å². The molecule has 1 saturated carbocycles. The Morgan fingerprint density at radius 3 is 2.85 bits per heavy atom. The Morgan fingerprint density at radius 2 is 2.15 bits per heavy atom. The monoisotopic (exact) mass is 175 g/mol. The molecule has 1 heterocycles. The molecule has 1 aromatic rings. The van der Waals surface area contributed by atoms with Gasteiger partial charge in [0.15, 0.2) is 0 Å². The summed E-state index contributed by atoms with van der Waals surface area (Å²) in [6.45, 7) is 7.28. The minimum absolute atomic E-state index is 0.413. The molecule has 1 fully saturated rings. The van der Waals surface area contributed by atoms with Crippen LogP contribution in [0.5, 0.6) is 0 Å². The lowest BCUT2D eigenvalue weighted by molar-refractivity contribution is 0.226. The van der Waals surface area contributed by atoms with Crippen molar-refractivity contribution in [3.63, 3.8) is 0 Å². The molecule has 1 nitrogen and oxygen atoms in total. The number of rotatable bonds is 0. The summed E-state index contributed by atoms with van der Waals surface area (Å²) in [5.74, 6) is 0.804. The van der Waals surface area contributed by atoms with Crippen LogP contribution in [0.4, 0.5) is 0 Å². The molecular weight excluding hydrogens is 158 g/mol. The maximum atomic E-state index is 3.45. The van der Waals surface area contributed by atoms with Gasteiger partial charge in [-0.25, -0.2) is 0 Å². The molecule has 1 N–H and O–H groups in total. The van der Waals surface area contributed by atoms with Crippen LogP contribution in [0.2, 0.25) is 0 Å². The van der Waals surface area contributed by atoms with Crippen LogP contribution in [0.3, 0.4) is 0 Å². The van der Waals surface area contributed by atoms with Gasteiger partial charge in [0.1, 0.15) is 0 Å². The largest absolute Gasteiger partial charge is 0.364 e. The van der Waals surface area contributed by atoms with Gasteiger partial charge >= 0.3 is 0 Å². The van der Waals surface area contributed by atoms with Crippen LogP contribution in [0.15, 0.2) is 12.3 Å². The second-order valence-corrected chi connectivity index (χ2v) is 5.45. The van der Waals surface area contributed by atoms with Crippen LogP contribution in [0.1, 0.15) is 50.8 Å². The predicted molar refractivity (Wildman–Crippen MR) is 53.9 cm³/mol. The Kier molecular flexibility index (Phi) is 1.10. The van der Waals surface area contributed by atoms with E-state index in [1.165, 1.54) is 18.5 Å². The van der Waals surface area contributed by atoms with E-state index in [9.17, 15) is 0 Å². The topological polar surface area (TPSA) is 15.8 Å². The van der Waals surface area contributed by atoms with E-state index in [1.807, 2.05) is 0 Å². The number of hydrogen-bond acceptors (Lipinski definition) is 0. The zero-order valence-corrected chi connectivity index (χ0v) is 8.65. The van der Waals surface area contributed by atoms with Gasteiger partial charge < -0.3 is 4.98 Å². The van der Waals surface area contributed by atoms with Gasteiger partial charge in [0.2, 0.25) is 0 Å². The number of nitrogens with one attached hydrogen (secondary N) is 1. The molecule has 0 aromatic carbocycles. The fourth-order valence-corrected chi connectivity index (χ4v) is 3.64. The molecule has 0 spiro atoms. The molecule has 0 amide bonds. The van der Waals surface area contributed by atoms with Gasteiger partial charge in [0.25, 0.3) is 0 Å². The van der Waals surface area contributed by atoms with Gasteiger partial charge in [-0.3, -0.25) is 0 Å². The molecule has 70 valence electrons. The van der Waals surface area contributed by atoms with Crippen molar-refractivity contribution >= 4 is 0 Å². The van der Waals surface area contributed by atoms with E-state index < -0.39 is 0 Å². The quantitative estimate of drug-likeness (QED) is 0.623. The van der Waals surface area contributed by atoms with E-state index in [4.69, 9.17) is 0 Å². The second-order valence-electron chi connectivity index (χ2n) is 5.45. The highest BCUT2D eigenvalue weighted by atomic mass is 14.8. The summed E-state index contributed by atoms with van der Waals surface area (Å²) in [4.78, 5) is 3.45. The van der Waals surface area contributed by atoms with E-state index in [0.717, 1.165) is 5.92 Å². The molecule has 0 unspecified atom stereocenters. The van der Waals surface area contributed by atoms with Crippen molar-refractivity contribution in [2.75, 3.05) is 0 Å². The van der Waals surface area contributed by atoms with Crippen LogP contribution in [-0.4, -0.2) is 4.98 Å². The average Bonchev–Trinajstić information content (AvgIpc) is 2.63. The third kappa shape index (κ3) is 0.599. The van der Waals surface area contributed by atoms with Crippen molar-refractivity contribution in [2.45, 2.75) is 44.9 Å². The zero-order chi connectivity index (χ0) is 9.27. The van der Waals surface area contributed by atoms with Crippen molar-refractivity contribution in [3.8, 4) is 0 Å². The molecule has 2 bridgehead atoms. The SMILES string of the molecule is CC1(C)[C@@H]2CC[C@@]1(C)c1[nH]ccc12. The molecule has 1 aromatic heterocycles. The summed E-state index contributed by atoms with van der Waals surface area (Å²) in [6.07, 6.45) is 4.85. The summed E-state index contributed by atoms with van der Waals surface area (Å²) in [5, 5.41) is 0. The Labute approximate surface area is 79.5 Å². The van der Waals surface area contributed by atoms with E-state index in [0.29, 0.717) is 10.8 Å². The maximum absolute atomic E-state index is 3.45. The minimum atomic E-state index is 0.413. The number of fused-ring (bicyclic) bond motifs is 5. The summed E-state index contributed by atoms with van der Waals surface area (Å²) in [6, 6.07) is 2.28. The zero-order valence-electron chi connectivity index (χ0n) is 8.65. The van der Waals surface area contributed by atoms with E-state index in [-0.39, 0.29) is 0 Å². The molecule has 3 rings (SSSR count). The fraction of sp³-hybridized carbons (Fsp3) is 0.667. The Morgan fingerprint density at radius 1 is 1.38 bits per heavy atom. The molecule has 0 radical (unpaired) electrons. The first kappa shape index (κ1) is 7.66. The van der Waals surface area contributed by atoms with Crippen LogP contribution in [0, 0.1) is 5.41 Å². The van der Waals surface area contributed by atoms with E-state index >= 15 is 0 Å². The molecule has 1 heteroatoms. The third-order valence-corrected chi connectivity index (χ3v) is 4.93. The number of H-pyrrole nitrogens is 1. The first-order valence-corrected chi connectivity index (χ1v) is 5.25. The lowest BCUT2D eigenvalue weighted by Crippen LogP contribution is -2.31. The fourth-order valence-electron chi connectivity index (χ4n) is 3.64. The molecule has 2 aliphatic carbocycles. The van der Waals surface area contributed by atoms with Crippen molar-refractivity contribution in [1.29, 1.82) is 0 Å². The molecule has 2 aliphatic rings. The van der Waals surface area contributed by atoms with Crippen molar-refractivity contribution in [2.24, 2.45) is 5.41 Å². The highest BCUT2D eigenvalue weighted by Crippen LogP contribution is 2.67. The lowest BCUT2D eigenvalue weighted by Gasteiger charge is -2.34. The standard InChI is InChI=1S/C12H17N/c1-11(2)9-4-6-12(11,3)10-8(9)5-7-13-10/h5,7,9,13H,4,6H2,1-3H3/t9-,12+/m1/s1. The van der Waals surface area contributed by atoms with Gasteiger partial charge in [-0.05, 0) is 35.8 Å². The van der Waals surface area contributed by atoms with Gasteiger partial charge in [0, 0.05) is 17.3 Å². The molecular formula is C12H17N. The van der Waals surface area contributed by atoms with Crippen LogP contribution in [0.25, 0.3) is 0 Å². The van der Waals surface area contributed by atoms with Crippen molar-refractivity contribution in [3.05, 3.63) is 23.5 Å². The van der Waals surface area contributed by atoms with Crippen molar-refractivity contribution in [1.82, 2.24) is 4.98 Å². The van der Waals surface area contributed by atoms with Crippen LogP contribution < -0.4 is 0 Å². The summed E-state index contributed by atoms with van der Waals surface area (Å²) < 4.78 is 0. The number of hydrogen-bond donors (Lipinski definition) is 1. The first-order chi connectivity index (χ1) is 6.07. The normalized spacial score (nSPS) is 39.5. The van der Waals surface area contributed by atoms with E-state index in [1.54, 1.807) is 5.56 Å². The van der Waals surface area contributed by atoms with E-state index in [2.05, 4.69) is 38.0 Å². The predicted octanol–water partition coefficient (Wildman–Crippen LogP) is 3.19. The van der Waals surface area contributed by atoms with Gasteiger partial charge in [-0.1, -0.05) is 20.8 Å². The Balaban J connectivity index is 2.30. The van der Waals surface area contributed by atoms with Crippen LogP contribution >= 0.6 is 0 Å². The minimum Gasteiger partial charge on any atom is -0.364 e. The summed E-state index contributed by atoms with van der Waals surface area (Å²) in [7, 11) is 0. The highest BCUT2D eigenvalue weighted by molar-refractivity contribution is 5.45. The molecule has 2 atom stereocenters. The molecule has 0 aliphatic heterocycles. The van der Waals surface area contributed by atoms with Crippen LogP contribution in [-0.2, 0) is 5.41 Å². The Bertz CT molecular complexity index is 361. The highest BCUT2D eigenvalue weighted by Gasteiger charge is 2.59.